The molecule has 0 saturated carbocycles. The lowest BCUT2D eigenvalue weighted by Gasteiger charge is -2.17. The van der Waals surface area contributed by atoms with E-state index in [2.05, 4.69) is 23.9 Å². The number of hydrogen-bond acceptors (Lipinski definition) is 4. The molecule has 2 N–H and O–H groups in total. The van der Waals surface area contributed by atoms with Gasteiger partial charge in [0.2, 0.25) is 10.0 Å². The normalized spacial score (nSPS) is 13.4. The fourth-order valence-electron chi connectivity index (χ4n) is 1.80. The molecule has 0 aliphatic rings. The summed E-state index contributed by atoms with van der Waals surface area (Å²) in [5, 5.41) is 3.03. The van der Waals surface area contributed by atoms with Crippen molar-refractivity contribution < 1.29 is 13.2 Å². The highest BCUT2D eigenvalue weighted by Crippen LogP contribution is 2.25. The average Bonchev–Trinajstić information content (AvgIpc) is 2.44. The molecule has 1 unspecified atom stereocenters. The van der Waals surface area contributed by atoms with Crippen LogP contribution < -0.4 is 14.8 Å². The minimum absolute atomic E-state index is 0.181. The zero-order chi connectivity index (χ0) is 16.0. The molecule has 21 heavy (non-hydrogen) atoms. The van der Waals surface area contributed by atoms with E-state index in [1.54, 1.807) is 18.2 Å². The van der Waals surface area contributed by atoms with Crippen LogP contribution in [0.3, 0.4) is 0 Å². The Morgan fingerprint density at radius 2 is 1.90 bits per heavy atom. The van der Waals surface area contributed by atoms with E-state index in [9.17, 15) is 8.42 Å². The van der Waals surface area contributed by atoms with Crippen molar-refractivity contribution in [1.29, 1.82) is 0 Å². The van der Waals surface area contributed by atoms with Gasteiger partial charge in [0.25, 0.3) is 0 Å². The minimum atomic E-state index is -3.56. The second-order valence-electron chi connectivity index (χ2n) is 5.59. The lowest BCUT2D eigenvalue weighted by Crippen LogP contribution is -2.30. The van der Waals surface area contributed by atoms with Crippen LogP contribution in [0.25, 0.3) is 0 Å². The second-order valence-corrected chi connectivity index (χ2v) is 7.32. The molecule has 0 spiro atoms. The van der Waals surface area contributed by atoms with Crippen molar-refractivity contribution in [3.8, 4) is 5.75 Å². The van der Waals surface area contributed by atoms with Gasteiger partial charge in [-0.3, -0.25) is 0 Å². The predicted octanol–water partition coefficient (Wildman–Crippen LogP) is 1.98. The van der Waals surface area contributed by atoms with Gasteiger partial charge in [-0.2, -0.15) is 0 Å². The van der Waals surface area contributed by atoms with Gasteiger partial charge >= 0.3 is 0 Å². The number of hydrogen-bond donors (Lipinski definition) is 2. The molecule has 0 heterocycles. The van der Waals surface area contributed by atoms with Crippen molar-refractivity contribution >= 4 is 10.0 Å². The van der Waals surface area contributed by atoms with Crippen LogP contribution in [0.15, 0.2) is 23.1 Å². The molecule has 0 fully saturated rings. The van der Waals surface area contributed by atoms with Gasteiger partial charge in [-0.05, 0) is 36.6 Å². The Balaban J connectivity index is 2.97. The molecule has 1 aromatic carbocycles. The van der Waals surface area contributed by atoms with E-state index < -0.39 is 10.0 Å². The maximum atomic E-state index is 12.4. The third-order valence-electron chi connectivity index (χ3n) is 3.63. The smallest absolute Gasteiger partial charge is 0.244 e. The summed E-state index contributed by atoms with van der Waals surface area (Å²) in [7, 11) is -0.239. The molecule has 5 nitrogen and oxygen atoms in total. The molecule has 0 aliphatic carbocycles. The highest BCUT2D eigenvalue weighted by Gasteiger charge is 2.21. The summed E-state index contributed by atoms with van der Waals surface area (Å²) in [6.45, 7) is 7.26. The monoisotopic (exact) mass is 314 g/mol. The molecule has 0 radical (unpaired) electrons. The summed E-state index contributed by atoms with van der Waals surface area (Å²) < 4.78 is 32.7. The Labute approximate surface area is 128 Å². The molecule has 6 heteroatoms. The molecular weight excluding hydrogens is 288 g/mol. The lowest BCUT2D eigenvalue weighted by molar-refractivity contribution is 0.398. The molecule has 1 atom stereocenters. The van der Waals surface area contributed by atoms with Crippen LogP contribution in [0, 0.1) is 11.8 Å². The number of methoxy groups -OCH3 is 1. The van der Waals surface area contributed by atoms with Crippen LogP contribution in [0.5, 0.6) is 5.75 Å². The highest BCUT2D eigenvalue weighted by molar-refractivity contribution is 7.89. The van der Waals surface area contributed by atoms with E-state index >= 15 is 0 Å². The van der Waals surface area contributed by atoms with Gasteiger partial charge in [0.05, 0.1) is 7.11 Å². The maximum absolute atomic E-state index is 12.4. The van der Waals surface area contributed by atoms with Crippen LogP contribution in [0.1, 0.15) is 26.3 Å². The zero-order valence-electron chi connectivity index (χ0n) is 13.4. The van der Waals surface area contributed by atoms with Gasteiger partial charge in [-0.1, -0.05) is 26.8 Å². The largest absolute Gasteiger partial charge is 0.495 e. The summed E-state index contributed by atoms with van der Waals surface area (Å²) in [4.78, 5) is 0.181. The van der Waals surface area contributed by atoms with Crippen LogP contribution >= 0.6 is 0 Å². The molecular formula is C15H26N2O3S. The van der Waals surface area contributed by atoms with E-state index in [-0.39, 0.29) is 10.8 Å². The molecule has 0 bridgehead atoms. The zero-order valence-corrected chi connectivity index (χ0v) is 14.3. The third-order valence-corrected chi connectivity index (χ3v) is 5.09. The second kappa shape index (κ2) is 7.77. The van der Waals surface area contributed by atoms with E-state index in [4.69, 9.17) is 4.74 Å². The maximum Gasteiger partial charge on any atom is 0.244 e. The van der Waals surface area contributed by atoms with Crippen molar-refractivity contribution in [3.05, 3.63) is 23.8 Å². The average molecular weight is 314 g/mol. The number of benzene rings is 1. The van der Waals surface area contributed by atoms with E-state index in [1.165, 1.54) is 7.11 Å². The first-order valence-corrected chi connectivity index (χ1v) is 8.61. The Kier molecular flexibility index (Phi) is 6.64. The number of ether oxygens (including phenoxy) is 1. The van der Waals surface area contributed by atoms with Crippen molar-refractivity contribution in [2.45, 2.75) is 32.2 Å². The summed E-state index contributed by atoms with van der Waals surface area (Å²) in [5.74, 6) is 1.06. The third kappa shape index (κ3) is 4.98. The van der Waals surface area contributed by atoms with Crippen LogP contribution in [-0.2, 0) is 16.6 Å². The van der Waals surface area contributed by atoms with Gasteiger partial charge in [-0.25, -0.2) is 13.1 Å². The van der Waals surface area contributed by atoms with Gasteiger partial charge in [0.15, 0.2) is 0 Å². The van der Waals surface area contributed by atoms with E-state index in [0.717, 1.165) is 5.56 Å². The summed E-state index contributed by atoms with van der Waals surface area (Å²) in [5.41, 5.74) is 0.976. The van der Waals surface area contributed by atoms with E-state index in [1.807, 2.05) is 14.0 Å². The Morgan fingerprint density at radius 3 is 2.43 bits per heavy atom. The summed E-state index contributed by atoms with van der Waals surface area (Å²) >= 11 is 0. The highest BCUT2D eigenvalue weighted by atomic mass is 32.2. The standard InChI is InChI=1S/C15H26N2O3S/c1-11(2)12(3)9-17-21(18,19)15-7-6-13(10-16-4)8-14(15)20-5/h6-8,11-12,16-17H,9-10H2,1-5H3. The molecule has 120 valence electrons. The Hall–Kier alpha value is -1.11. The molecule has 0 aliphatic heterocycles. The topological polar surface area (TPSA) is 67.4 Å². The van der Waals surface area contributed by atoms with Crippen molar-refractivity contribution in [1.82, 2.24) is 10.0 Å². The Morgan fingerprint density at radius 1 is 1.24 bits per heavy atom. The number of sulfonamides is 1. The quantitative estimate of drug-likeness (QED) is 0.770. The molecule has 1 aromatic rings. The van der Waals surface area contributed by atoms with Crippen LogP contribution in [0.2, 0.25) is 0 Å². The Bertz CT molecular complexity index is 556. The van der Waals surface area contributed by atoms with Crippen molar-refractivity contribution in [2.24, 2.45) is 11.8 Å². The first kappa shape index (κ1) is 17.9. The van der Waals surface area contributed by atoms with Crippen molar-refractivity contribution in [3.63, 3.8) is 0 Å². The van der Waals surface area contributed by atoms with Crippen LogP contribution in [-0.4, -0.2) is 29.1 Å². The minimum Gasteiger partial charge on any atom is -0.495 e. The first-order valence-electron chi connectivity index (χ1n) is 7.13. The molecule has 0 amide bonds. The predicted molar refractivity (Wildman–Crippen MR) is 84.9 cm³/mol. The molecule has 1 rings (SSSR count). The van der Waals surface area contributed by atoms with Gasteiger partial charge in [0, 0.05) is 13.1 Å². The van der Waals surface area contributed by atoms with Gasteiger partial charge in [0.1, 0.15) is 10.6 Å². The molecule has 0 saturated heterocycles. The van der Waals surface area contributed by atoms with Crippen molar-refractivity contribution in [2.75, 3.05) is 20.7 Å². The summed E-state index contributed by atoms with van der Waals surface area (Å²) in [6.07, 6.45) is 0. The molecule has 0 aromatic heterocycles. The SMILES string of the molecule is CNCc1ccc(S(=O)(=O)NCC(C)C(C)C)c(OC)c1. The number of rotatable bonds is 8. The summed E-state index contributed by atoms with van der Waals surface area (Å²) in [6, 6.07) is 5.13. The van der Waals surface area contributed by atoms with Gasteiger partial charge < -0.3 is 10.1 Å². The van der Waals surface area contributed by atoms with Gasteiger partial charge in [-0.15, -0.1) is 0 Å². The lowest BCUT2D eigenvalue weighted by atomic mass is 9.99. The fraction of sp³-hybridized carbons (Fsp3) is 0.600. The van der Waals surface area contributed by atoms with Crippen LogP contribution in [0.4, 0.5) is 0 Å². The first-order chi connectivity index (χ1) is 9.81. The number of nitrogens with one attached hydrogen (secondary N) is 2. The fourth-order valence-corrected chi connectivity index (χ4v) is 3.09. The van der Waals surface area contributed by atoms with E-state index in [0.29, 0.717) is 24.8 Å².